The van der Waals surface area contributed by atoms with Gasteiger partial charge < -0.3 is 5.11 Å². The van der Waals surface area contributed by atoms with Crippen LogP contribution in [0.2, 0.25) is 0 Å². The van der Waals surface area contributed by atoms with E-state index in [1.807, 2.05) is 6.92 Å². The monoisotopic (exact) mass is 236 g/mol. The Bertz CT molecular complexity index is 322. The van der Waals surface area contributed by atoms with E-state index in [2.05, 4.69) is 52.8 Å². The molecule has 0 spiro atoms. The van der Waals surface area contributed by atoms with Gasteiger partial charge in [0.25, 0.3) is 0 Å². The molecule has 0 saturated heterocycles. The largest absolute Gasteiger partial charge is 0.393 e. The normalized spacial score (nSPS) is 29.1. The third-order valence-corrected chi connectivity index (χ3v) is 5.05. The van der Waals surface area contributed by atoms with E-state index < -0.39 is 0 Å². The lowest BCUT2D eigenvalue weighted by Gasteiger charge is -2.31. The lowest BCUT2D eigenvalue weighted by atomic mass is 9.75. The number of rotatable bonds is 4. The van der Waals surface area contributed by atoms with Crippen LogP contribution in [0.15, 0.2) is 23.8 Å². The molecule has 0 amide bonds. The van der Waals surface area contributed by atoms with Crippen LogP contribution in [0, 0.1) is 16.7 Å². The Labute approximate surface area is 107 Å². The van der Waals surface area contributed by atoms with Gasteiger partial charge in [-0.25, -0.2) is 0 Å². The summed E-state index contributed by atoms with van der Waals surface area (Å²) in [4.78, 5) is 0. The van der Waals surface area contributed by atoms with Gasteiger partial charge in [-0.1, -0.05) is 51.5 Å². The molecule has 0 aromatic carbocycles. The van der Waals surface area contributed by atoms with Crippen LogP contribution in [0.5, 0.6) is 0 Å². The molecule has 98 valence electrons. The summed E-state index contributed by atoms with van der Waals surface area (Å²) >= 11 is 0. The predicted molar refractivity (Wildman–Crippen MR) is 74.9 cm³/mol. The van der Waals surface area contributed by atoms with E-state index in [1.165, 1.54) is 5.57 Å². The minimum Gasteiger partial charge on any atom is -0.393 e. The van der Waals surface area contributed by atoms with Gasteiger partial charge in [-0.05, 0) is 38.0 Å². The molecule has 1 N–H and O–H groups in total. The van der Waals surface area contributed by atoms with Gasteiger partial charge in [0.05, 0.1) is 6.10 Å². The Hall–Kier alpha value is -0.560. The summed E-state index contributed by atoms with van der Waals surface area (Å²) in [7, 11) is 0. The maximum absolute atomic E-state index is 9.86. The standard InChI is InChI=1S/C16H28O/c1-7-16(6,13(3)17)11-10-14-9-8-12(2)15(14,4)5/h8,10-11,13-14,17H,7,9H2,1-6H3. The molecule has 0 aromatic heterocycles. The van der Waals surface area contributed by atoms with Crippen LogP contribution >= 0.6 is 0 Å². The highest BCUT2D eigenvalue weighted by molar-refractivity contribution is 5.22. The van der Waals surface area contributed by atoms with Crippen LogP contribution in [-0.2, 0) is 0 Å². The molecular formula is C16H28O. The van der Waals surface area contributed by atoms with Crippen molar-refractivity contribution < 1.29 is 5.11 Å². The van der Waals surface area contributed by atoms with Gasteiger partial charge in [-0.3, -0.25) is 0 Å². The van der Waals surface area contributed by atoms with Gasteiger partial charge >= 0.3 is 0 Å². The van der Waals surface area contributed by atoms with Crippen molar-refractivity contribution in [2.24, 2.45) is 16.7 Å². The lowest BCUT2D eigenvalue weighted by Crippen LogP contribution is -2.27. The molecule has 17 heavy (non-hydrogen) atoms. The van der Waals surface area contributed by atoms with Crippen molar-refractivity contribution in [2.45, 2.75) is 60.5 Å². The summed E-state index contributed by atoms with van der Waals surface area (Å²) in [5.74, 6) is 0.576. The molecule has 0 heterocycles. The third-order valence-electron chi connectivity index (χ3n) is 5.05. The van der Waals surface area contributed by atoms with Crippen LogP contribution in [-0.4, -0.2) is 11.2 Å². The van der Waals surface area contributed by atoms with Crippen molar-refractivity contribution in [1.82, 2.24) is 0 Å². The number of allylic oxidation sites excluding steroid dienone is 3. The average Bonchev–Trinajstić information content (AvgIpc) is 2.51. The van der Waals surface area contributed by atoms with Gasteiger partial charge in [0.2, 0.25) is 0 Å². The molecule has 0 bridgehead atoms. The van der Waals surface area contributed by atoms with Crippen LogP contribution in [0.25, 0.3) is 0 Å². The SMILES string of the molecule is CCC(C)(C=CC1CC=C(C)C1(C)C)C(C)O. The minimum absolute atomic E-state index is 0.0907. The van der Waals surface area contributed by atoms with Crippen molar-refractivity contribution in [3.05, 3.63) is 23.8 Å². The summed E-state index contributed by atoms with van der Waals surface area (Å²) in [5.41, 5.74) is 1.67. The highest BCUT2D eigenvalue weighted by Gasteiger charge is 2.34. The van der Waals surface area contributed by atoms with E-state index >= 15 is 0 Å². The van der Waals surface area contributed by atoms with Crippen LogP contribution in [0.1, 0.15) is 54.4 Å². The fraction of sp³-hybridized carbons (Fsp3) is 0.750. The Morgan fingerprint density at radius 2 is 2.18 bits per heavy atom. The van der Waals surface area contributed by atoms with Gasteiger partial charge in [0.15, 0.2) is 0 Å². The van der Waals surface area contributed by atoms with Crippen molar-refractivity contribution in [3.63, 3.8) is 0 Å². The molecule has 1 aliphatic carbocycles. The van der Waals surface area contributed by atoms with Crippen molar-refractivity contribution >= 4 is 0 Å². The smallest absolute Gasteiger partial charge is 0.0599 e. The van der Waals surface area contributed by atoms with Gasteiger partial charge in [0.1, 0.15) is 0 Å². The molecule has 3 atom stereocenters. The van der Waals surface area contributed by atoms with Gasteiger partial charge in [-0.2, -0.15) is 0 Å². The zero-order valence-corrected chi connectivity index (χ0v) is 12.2. The fourth-order valence-electron chi connectivity index (χ4n) is 2.36. The maximum atomic E-state index is 9.86. The molecule has 1 heteroatoms. The summed E-state index contributed by atoms with van der Waals surface area (Å²) in [6, 6.07) is 0. The molecule has 0 aromatic rings. The van der Waals surface area contributed by atoms with E-state index in [4.69, 9.17) is 0 Å². The van der Waals surface area contributed by atoms with Crippen LogP contribution in [0.4, 0.5) is 0 Å². The van der Waals surface area contributed by atoms with E-state index in [9.17, 15) is 5.11 Å². The van der Waals surface area contributed by atoms with Crippen molar-refractivity contribution in [2.75, 3.05) is 0 Å². The molecular weight excluding hydrogens is 208 g/mol. The Kier molecular flexibility index (Phi) is 4.24. The molecule has 0 aliphatic heterocycles. The number of hydrogen-bond donors (Lipinski definition) is 1. The topological polar surface area (TPSA) is 20.2 Å². The van der Waals surface area contributed by atoms with Crippen LogP contribution in [0.3, 0.4) is 0 Å². The van der Waals surface area contributed by atoms with Gasteiger partial charge in [0, 0.05) is 5.41 Å². The maximum Gasteiger partial charge on any atom is 0.0599 e. The van der Waals surface area contributed by atoms with Crippen LogP contribution < -0.4 is 0 Å². The predicted octanol–water partition coefficient (Wildman–Crippen LogP) is 4.33. The van der Waals surface area contributed by atoms with Crippen molar-refractivity contribution in [1.29, 1.82) is 0 Å². The fourth-order valence-corrected chi connectivity index (χ4v) is 2.36. The molecule has 1 rings (SSSR count). The third kappa shape index (κ3) is 2.82. The zero-order chi connectivity index (χ0) is 13.3. The Morgan fingerprint density at radius 3 is 2.53 bits per heavy atom. The Balaban J connectivity index is 2.80. The molecule has 1 nitrogen and oxygen atoms in total. The summed E-state index contributed by atoms with van der Waals surface area (Å²) in [5, 5.41) is 9.86. The summed E-state index contributed by atoms with van der Waals surface area (Å²) < 4.78 is 0. The first-order valence-electron chi connectivity index (χ1n) is 6.78. The molecule has 0 saturated carbocycles. The molecule has 3 unspecified atom stereocenters. The first-order chi connectivity index (χ1) is 7.74. The molecule has 1 aliphatic rings. The van der Waals surface area contributed by atoms with Crippen molar-refractivity contribution in [3.8, 4) is 0 Å². The van der Waals surface area contributed by atoms with E-state index in [1.54, 1.807) is 0 Å². The molecule has 0 fully saturated rings. The lowest BCUT2D eigenvalue weighted by molar-refractivity contribution is 0.0837. The van der Waals surface area contributed by atoms with E-state index in [0.29, 0.717) is 5.92 Å². The van der Waals surface area contributed by atoms with Gasteiger partial charge in [-0.15, -0.1) is 0 Å². The summed E-state index contributed by atoms with van der Waals surface area (Å²) in [6.45, 7) is 13.0. The number of aliphatic hydroxyl groups is 1. The quantitative estimate of drug-likeness (QED) is 0.720. The first kappa shape index (κ1) is 14.5. The zero-order valence-electron chi connectivity index (χ0n) is 12.2. The number of aliphatic hydroxyl groups excluding tert-OH is 1. The number of hydrogen-bond acceptors (Lipinski definition) is 1. The second kappa shape index (κ2) is 4.97. The summed E-state index contributed by atoms with van der Waals surface area (Å²) in [6.07, 6.45) is 8.72. The second-order valence-corrected chi connectivity index (χ2v) is 6.35. The Morgan fingerprint density at radius 1 is 1.59 bits per heavy atom. The average molecular weight is 236 g/mol. The highest BCUT2D eigenvalue weighted by atomic mass is 16.3. The minimum atomic E-state index is -0.290. The first-order valence-corrected chi connectivity index (χ1v) is 6.78. The second-order valence-electron chi connectivity index (χ2n) is 6.35. The highest BCUT2D eigenvalue weighted by Crippen LogP contribution is 2.44. The van der Waals surface area contributed by atoms with E-state index in [-0.39, 0.29) is 16.9 Å². The van der Waals surface area contributed by atoms with E-state index in [0.717, 1.165) is 12.8 Å². The molecule has 0 radical (unpaired) electrons.